The molecule has 0 bridgehead atoms. The van der Waals surface area contributed by atoms with Gasteiger partial charge in [0.25, 0.3) is 5.91 Å². The third kappa shape index (κ3) is 6.80. The standard InChI is InChI=1S/C29H39ClN4O2/c1-29(2,21-30)28(36)32-24-13-14-26(25(19-24)27(35)31-23-11-7-4-8-12-23)34-17-15-33(16-18-34)20-22-9-5-3-6-10-22/h3,5-6,9-10,13-14,19,23H,4,7-8,11-12,15-18,20-21H2,1-2H3,(H,31,35)(H,32,36). The summed E-state index contributed by atoms with van der Waals surface area (Å²) in [4.78, 5) is 31.0. The Kier molecular flexibility index (Phi) is 8.91. The maximum Gasteiger partial charge on any atom is 0.253 e. The zero-order chi connectivity index (χ0) is 25.5. The van der Waals surface area contributed by atoms with Crippen molar-refractivity contribution in [2.24, 2.45) is 5.41 Å². The number of nitrogens with one attached hydrogen (secondary N) is 2. The van der Waals surface area contributed by atoms with E-state index in [0.29, 0.717) is 11.3 Å². The Balaban J connectivity index is 1.50. The van der Waals surface area contributed by atoms with Gasteiger partial charge in [-0.15, -0.1) is 11.6 Å². The molecule has 1 heterocycles. The second kappa shape index (κ2) is 12.1. The topological polar surface area (TPSA) is 64.7 Å². The number of carbonyl (C=O) groups excluding carboxylic acids is 2. The van der Waals surface area contributed by atoms with Crippen LogP contribution in [0.5, 0.6) is 0 Å². The summed E-state index contributed by atoms with van der Waals surface area (Å²) in [7, 11) is 0. The van der Waals surface area contributed by atoms with Crippen molar-refractivity contribution in [1.29, 1.82) is 0 Å². The van der Waals surface area contributed by atoms with E-state index in [1.54, 1.807) is 0 Å². The number of carbonyl (C=O) groups is 2. The van der Waals surface area contributed by atoms with Crippen LogP contribution in [0.25, 0.3) is 0 Å². The molecule has 6 nitrogen and oxygen atoms in total. The van der Waals surface area contributed by atoms with Crippen molar-refractivity contribution < 1.29 is 9.59 Å². The van der Waals surface area contributed by atoms with Gasteiger partial charge in [-0.25, -0.2) is 0 Å². The van der Waals surface area contributed by atoms with Crippen LogP contribution in [0.15, 0.2) is 48.5 Å². The molecule has 2 aliphatic rings. The predicted octanol–water partition coefficient (Wildman–Crippen LogP) is 5.27. The largest absolute Gasteiger partial charge is 0.368 e. The number of rotatable bonds is 8. The number of nitrogens with zero attached hydrogens (tertiary/aromatic N) is 2. The maximum absolute atomic E-state index is 13.5. The van der Waals surface area contributed by atoms with Gasteiger partial charge in [0.05, 0.1) is 11.0 Å². The van der Waals surface area contributed by atoms with Crippen LogP contribution in [-0.4, -0.2) is 54.8 Å². The van der Waals surface area contributed by atoms with E-state index in [9.17, 15) is 9.59 Å². The van der Waals surface area contributed by atoms with E-state index in [-0.39, 0.29) is 23.7 Å². The highest BCUT2D eigenvalue weighted by Gasteiger charge is 2.28. The molecule has 1 saturated carbocycles. The average Bonchev–Trinajstić information content (AvgIpc) is 2.90. The monoisotopic (exact) mass is 510 g/mol. The number of alkyl halides is 1. The van der Waals surface area contributed by atoms with Crippen LogP contribution in [0.2, 0.25) is 0 Å². The third-order valence-electron chi connectivity index (χ3n) is 7.35. The van der Waals surface area contributed by atoms with E-state index in [1.807, 2.05) is 38.1 Å². The van der Waals surface area contributed by atoms with Gasteiger partial charge in [0.15, 0.2) is 0 Å². The minimum atomic E-state index is -0.695. The molecule has 0 atom stereocenters. The summed E-state index contributed by atoms with van der Waals surface area (Å²) in [5.41, 5.74) is 2.80. The van der Waals surface area contributed by atoms with Crippen molar-refractivity contribution in [3.63, 3.8) is 0 Å². The average molecular weight is 511 g/mol. The normalized spacial score (nSPS) is 17.6. The lowest BCUT2D eigenvalue weighted by Gasteiger charge is -2.37. The fourth-order valence-electron chi connectivity index (χ4n) is 4.93. The van der Waals surface area contributed by atoms with Gasteiger partial charge >= 0.3 is 0 Å². The zero-order valence-electron chi connectivity index (χ0n) is 21.6. The summed E-state index contributed by atoms with van der Waals surface area (Å²) < 4.78 is 0. The molecule has 2 amide bonds. The molecule has 1 aliphatic carbocycles. The van der Waals surface area contributed by atoms with Crippen molar-refractivity contribution in [3.8, 4) is 0 Å². The van der Waals surface area contributed by atoms with Gasteiger partial charge in [0, 0.05) is 56.0 Å². The van der Waals surface area contributed by atoms with Crippen LogP contribution in [0.1, 0.15) is 61.9 Å². The SMILES string of the molecule is CC(C)(CCl)C(=O)Nc1ccc(N2CCN(Cc3ccccc3)CC2)c(C(=O)NC2CCCCC2)c1. The second-order valence-corrected chi connectivity index (χ2v) is 11.0. The van der Waals surface area contributed by atoms with Gasteiger partial charge in [-0.1, -0.05) is 49.6 Å². The van der Waals surface area contributed by atoms with Crippen LogP contribution >= 0.6 is 11.6 Å². The van der Waals surface area contributed by atoms with Crippen molar-refractivity contribution in [3.05, 3.63) is 59.7 Å². The van der Waals surface area contributed by atoms with Gasteiger partial charge in [0.1, 0.15) is 0 Å². The first kappa shape index (κ1) is 26.5. The Morgan fingerprint density at radius 1 is 0.972 bits per heavy atom. The molecule has 1 saturated heterocycles. The summed E-state index contributed by atoms with van der Waals surface area (Å²) in [6.45, 7) is 8.13. The first-order chi connectivity index (χ1) is 17.4. The number of piperazine rings is 1. The van der Waals surface area contributed by atoms with Gasteiger partial charge in [-0.2, -0.15) is 0 Å². The molecule has 2 N–H and O–H groups in total. The Morgan fingerprint density at radius 2 is 1.67 bits per heavy atom. The number of amides is 2. The van der Waals surface area contributed by atoms with Gasteiger partial charge in [-0.05, 0) is 50.5 Å². The molecular weight excluding hydrogens is 472 g/mol. The highest BCUT2D eigenvalue weighted by Crippen LogP contribution is 2.28. The molecule has 1 aliphatic heterocycles. The Labute approximate surface area is 220 Å². The Morgan fingerprint density at radius 3 is 2.33 bits per heavy atom. The summed E-state index contributed by atoms with van der Waals surface area (Å²) in [6.07, 6.45) is 5.61. The smallest absolute Gasteiger partial charge is 0.253 e. The predicted molar refractivity (Wildman–Crippen MR) is 148 cm³/mol. The lowest BCUT2D eigenvalue weighted by atomic mass is 9.94. The van der Waals surface area contributed by atoms with Crippen LogP contribution in [0.3, 0.4) is 0 Å². The first-order valence-electron chi connectivity index (χ1n) is 13.2. The summed E-state index contributed by atoms with van der Waals surface area (Å²) in [6, 6.07) is 16.5. The van der Waals surface area contributed by atoms with E-state index in [2.05, 4.69) is 44.7 Å². The third-order valence-corrected chi connectivity index (χ3v) is 8.02. The van der Waals surface area contributed by atoms with Gasteiger partial charge in [0.2, 0.25) is 5.91 Å². The number of hydrogen-bond donors (Lipinski definition) is 2. The Hall–Kier alpha value is -2.57. The first-order valence-corrected chi connectivity index (χ1v) is 13.7. The van der Waals surface area contributed by atoms with Crippen molar-refractivity contribution in [2.45, 2.75) is 58.5 Å². The van der Waals surface area contributed by atoms with E-state index in [4.69, 9.17) is 11.6 Å². The van der Waals surface area contributed by atoms with Crippen LogP contribution in [0, 0.1) is 5.41 Å². The fraction of sp³-hybridized carbons (Fsp3) is 0.517. The molecule has 194 valence electrons. The number of anilines is 2. The summed E-state index contributed by atoms with van der Waals surface area (Å²) in [5, 5.41) is 6.23. The summed E-state index contributed by atoms with van der Waals surface area (Å²) in [5.74, 6) is 0.00822. The van der Waals surface area contributed by atoms with E-state index in [0.717, 1.165) is 64.1 Å². The summed E-state index contributed by atoms with van der Waals surface area (Å²) >= 11 is 6.00. The number of benzene rings is 2. The Bertz CT molecular complexity index is 1030. The fourth-order valence-corrected chi connectivity index (χ4v) is 5.05. The lowest BCUT2D eigenvalue weighted by Crippen LogP contribution is -2.46. The van der Waals surface area contributed by atoms with Crippen LogP contribution in [0.4, 0.5) is 11.4 Å². The minimum Gasteiger partial charge on any atom is -0.368 e. The highest BCUT2D eigenvalue weighted by atomic mass is 35.5. The van der Waals surface area contributed by atoms with Crippen LogP contribution in [-0.2, 0) is 11.3 Å². The molecule has 0 unspecified atom stereocenters. The van der Waals surface area contributed by atoms with E-state index in [1.165, 1.54) is 12.0 Å². The molecule has 7 heteroatoms. The van der Waals surface area contributed by atoms with E-state index >= 15 is 0 Å². The maximum atomic E-state index is 13.5. The second-order valence-electron chi connectivity index (χ2n) is 10.8. The van der Waals surface area contributed by atoms with Crippen molar-refractivity contribution in [1.82, 2.24) is 10.2 Å². The zero-order valence-corrected chi connectivity index (χ0v) is 22.3. The van der Waals surface area contributed by atoms with E-state index < -0.39 is 5.41 Å². The molecular formula is C29H39ClN4O2. The molecule has 4 rings (SSSR count). The molecule has 0 spiro atoms. The van der Waals surface area contributed by atoms with Crippen molar-refractivity contribution in [2.75, 3.05) is 42.3 Å². The molecule has 0 aromatic heterocycles. The van der Waals surface area contributed by atoms with Gasteiger partial charge in [-0.3, -0.25) is 14.5 Å². The molecule has 2 fully saturated rings. The molecule has 0 radical (unpaired) electrons. The number of halogens is 1. The lowest BCUT2D eigenvalue weighted by molar-refractivity contribution is -0.122. The highest BCUT2D eigenvalue weighted by molar-refractivity contribution is 6.20. The number of hydrogen-bond acceptors (Lipinski definition) is 4. The molecule has 2 aromatic rings. The van der Waals surface area contributed by atoms with Crippen molar-refractivity contribution >= 4 is 34.8 Å². The minimum absolute atomic E-state index is 0.0590. The van der Waals surface area contributed by atoms with Gasteiger partial charge < -0.3 is 15.5 Å². The molecule has 36 heavy (non-hydrogen) atoms. The molecule has 2 aromatic carbocycles. The quantitative estimate of drug-likeness (QED) is 0.474. The van der Waals surface area contributed by atoms with Crippen LogP contribution < -0.4 is 15.5 Å².